The smallest absolute Gasteiger partial charge is 0.142 e. The molecule has 6 aromatic rings. The highest BCUT2D eigenvalue weighted by Crippen LogP contribution is 2.56. The highest BCUT2D eigenvalue weighted by molar-refractivity contribution is 6.09. The Bertz CT molecular complexity index is 2240. The van der Waals surface area contributed by atoms with Gasteiger partial charge in [0.25, 0.3) is 0 Å². The van der Waals surface area contributed by atoms with Crippen molar-refractivity contribution in [2.75, 3.05) is 16.8 Å². The fourth-order valence-corrected chi connectivity index (χ4v) is 9.13. The molecule has 1 aliphatic carbocycles. The van der Waals surface area contributed by atoms with Gasteiger partial charge in [0.15, 0.2) is 0 Å². The second-order valence-corrected chi connectivity index (χ2v) is 16.9. The second kappa shape index (κ2) is 11.5. The summed E-state index contributed by atoms with van der Waals surface area (Å²) < 4.78 is 7.11. The molecule has 256 valence electrons. The maximum Gasteiger partial charge on any atom is 0.142 e. The van der Waals surface area contributed by atoms with Gasteiger partial charge in [0, 0.05) is 23.4 Å². The lowest BCUT2D eigenvalue weighted by Gasteiger charge is -2.42. The van der Waals surface area contributed by atoms with Crippen molar-refractivity contribution in [1.29, 1.82) is 0 Å². The van der Waals surface area contributed by atoms with Crippen molar-refractivity contribution in [2.45, 2.75) is 104 Å². The minimum absolute atomic E-state index is 0.0669. The number of aryl methyl sites for hydroxylation is 1. The third-order valence-electron chi connectivity index (χ3n) is 12.0. The van der Waals surface area contributed by atoms with Gasteiger partial charge in [-0.05, 0) is 112 Å². The summed E-state index contributed by atoms with van der Waals surface area (Å²) in [6.45, 7) is 21.3. The Kier molecular flexibility index (Phi) is 7.53. The summed E-state index contributed by atoms with van der Waals surface area (Å²) in [5.74, 6) is 0.648. The molecule has 50 heavy (non-hydrogen) atoms. The van der Waals surface area contributed by atoms with Gasteiger partial charge in [0.1, 0.15) is 17.3 Å². The first-order chi connectivity index (χ1) is 23.8. The first-order valence-corrected chi connectivity index (χ1v) is 18.6. The summed E-state index contributed by atoms with van der Waals surface area (Å²) in [4.78, 5) is 5.12. The average Bonchev–Trinajstić information content (AvgIpc) is 3.61. The number of benzene rings is 5. The summed E-state index contributed by atoms with van der Waals surface area (Å²) in [5, 5.41) is 2.54. The fraction of sp³-hybridized carbons (Fsp3) is 0.362. The van der Waals surface area contributed by atoms with Crippen LogP contribution in [0.5, 0.6) is 0 Å². The third-order valence-corrected chi connectivity index (χ3v) is 12.0. The van der Waals surface area contributed by atoms with Gasteiger partial charge < -0.3 is 14.2 Å². The van der Waals surface area contributed by atoms with Crippen molar-refractivity contribution in [3.05, 3.63) is 124 Å². The van der Waals surface area contributed by atoms with Gasteiger partial charge in [-0.2, -0.15) is 0 Å². The normalized spacial score (nSPS) is 18.0. The molecule has 1 aliphatic heterocycles. The molecule has 2 aliphatic rings. The predicted molar refractivity (Wildman–Crippen MR) is 214 cm³/mol. The van der Waals surface area contributed by atoms with Gasteiger partial charge in [0.2, 0.25) is 0 Å². The van der Waals surface area contributed by atoms with Gasteiger partial charge >= 0.3 is 0 Å². The van der Waals surface area contributed by atoms with Crippen LogP contribution in [0.25, 0.3) is 33.1 Å². The molecule has 5 aromatic carbocycles. The van der Waals surface area contributed by atoms with Gasteiger partial charge in [0.05, 0.1) is 17.1 Å². The quantitative estimate of drug-likeness (QED) is 0.183. The molecule has 1 aromatic heterocycles. The maximum absolute atomic E-state index is 7.11. The van der Waals surface area contributed by atoms with Gasteiger partial charge in [-0.1, -0.05) is 116 Å². The van der Waals surface area contributed by atoms with Crippen LogP contribution in [0.3, 0.4) is 0 Å². The minimum Gasteiger partial charge on any atom is -0.456 e. The van der Waals surface area contributed by atoms with Crippen LogP contribution in [0.4, 0.5) is 17.1 Å². The van der Waals surface area contributed by atoms with Crippen LogP contribution >= 0.6 is 0 Å². The van der Waals surface area contributed by atoms with Crippen molar-refractivity contribution in [3.63, 3.8) is 0 Å². The maximum atomic E-state index is 7.11. The number of hydrogen-bond donors (Lipinski definition) is 0. The number of para-hydroxylation sites is 2. The molecule has 0 bridgehead atoms. The Hall–Kier alpha value is -4.50. The molecule has 0 amide bonds. The fourth-order valence-electron chi connectivity index (χ4n) is 9.13. The Balaban J connectivity index is 1.43. The number of anilines is 3. The molecule has 2 heterocycles. The molecule has 0 radical (unpaired) electrons. The largest absolute Gasteiger partial charge is 0.456 e. The van der Waals surface area contributed by atoms with E-state index < -0.39 is 0 Å². The van der Waals surface area contributed by atoms with Crippen molar-refractivity contribution in [1.82, 2.24) is 0 Å². The number of furan rings is 1. The highest BCUT2D eigenvalue weighted by Gasteiger charge is 2.43. The SMILES string of the molecule is Cc1ccc2c(oc3ccc4c(c32)C(C)(C)CCC4(C)C)c1C1N(C)c2ccccc2N1c1c(C(C)C)cc(-c2ccccc2)cc1C(C)C. The monoisotopic (exact) mass is 660 g/mol. The zero-order valence-corrected chi connectivity index (χ0v) is 31.6. The lowest BCUT2D eigenvalue weighted by Crippen LogP contribution is -2.34. The summed E-state index contributed by atoms with van der Waals surface area (Å²) in [5.41, 5.74) is 16.7. The van der Waals surface area contributed by atoms with E-state index in [-0.39, 0.29) is 17.0 Å². The summed E-state index contributed by atoms with van der Waals surface area (Å²) in [7, 11) is 2.26. The molecule has 0 saturated heterocycles. The van der Waals surface area contributed by atoms with E-state index in [9.17, 15) is 0 Å². The minimum atomic E-state index is -0.0884. The predicted octanol–water partition coefficient (Wildman–Crippen LogP) is 13.4. The van der Waals surface area contributed by atoms with Crippen LogP contribution in [-0.2, 0) is 10.8 Å². The highest BCUT2D eigenvalue weighted by atomic mass is 16.3. The van der Waals surface area contributed by atoms with Crippen molar-refractivity contribution in [2.24, 2.45) is 0 Å². The van der Waals surface area contributed by atoms with Gasteiger partial charge in [-0.15, -0.1) is 0 Å². The Morgan fingerprint density at radius 2 is 1.32 bits per heavy atom. The molecule has 1 atom stereocenters. The van der Waals surface area contributed by atoms with E-state index in [0.29, 0.717) is 11.8 Å². The van der Waals surface area contributed by atoms with E-state index in [1.807, 2.05) is 0 Å². The summed E-state index contributed by atoms with van der Waals surface area (Å²) in [6, 6.07) is 34.0. The molecule has 0 N–H and O–H groups in total. The first kappa shape index (κ1) is 32.7. The molecule has 3 heteroatoms. The van der Waals surface area contributed by atoms with Crippen molar-refractivity contribution < 1.29 is 4.42 Å². The topological polar surface area (TPSA) is 19.6 Å². The first-order valence-electron chi connectivity index (χ1n) is 18.6. The Morgan fingerprint density at radius 1 is 0.700 bits per heavy atom. The Morgan fingerprint density at radius 3 is 1.98 bits per heavy atom. The van der Waals surface area contributed by atoms with Crippen molar-refractivity contribution in [3.8, 4) is 11.1 Å². The molecule has 1 unspecified atom stereocenters. The van der Waals surface area contributed by atoms with Crippen LogP contribution < -0.4 is 9.80 Å². The van der Waals surface area contributed by atoms with E-state index in [1.54, 1.807) is 0 Å². The third kappa shape index (κ3) is 4.83. The number of nitrogens with zero attached hydrogens (tertiary/aromatic N) is 2. The van der Waals surface area contributed by atoms with Crippen molar-refractivity contribution >= 4 is 39.0 Å². The zero-order chi connectivity index (χ0) is 35.3. The van der Waals surface area contributed by atoms with E-state index in [4.69, 9.17) is 4.42 Å². The average molecular weight is 661 g/mol. The second-order valence-electron chi connectivity index (χ2n) is 16.9. The van der Waals surface area contributed by atoms with E-state index in [1.165, 1.54) is 85.2 Å². The Labute approximate surface area is 298 Å². The van der Waals surface area contributed by atoms with Crippen LogP contribution in [0, 0.1) is 6.92 Å². The number of fused-ring (bicyclic) bond motifs is 6. The lowest BCUT2D eigenvalue weighted by atomic mass is 9.62. The molecule has 0 spiro atoms. The van der Waals surface area contributed by atoms with Gasteiger partial charge in [-0.25, -0.2) is 0 Å². The van der Waals surface area contributed by atoms with Crippen LogP contribution in [-0.4, -0.2) is 7.05 Å². The summed E-state index contributed by atoms with van der Waals surface area (Å²) in [6.07, 6.45) is 2.27. The van der Waals surface area contributed by atoms with Gasteiger partial charge in [-0.3, -0.25) is 0 Å². The van der Waals surface area contributed by atoms with Crippen LogP contribution in [0.2, 0.25) is 0 Å². The molecule has 8 rings (SSSR count). The standard InChI is InChI=1S/C47H52N2O/c1-28(2)34-26-32(31-16-12-11-13-17-31)27-35(29(3)4)43(34)49-38-19-15-14-18-37(38)48(10)45(49)40-30(5)20-21-33-41-39(50-44(33)40)23-22-36-42(41)47(8,9)25-24-46(36,6)7/h11-23,26-29,45H,24-25H2,1-10H3. The van der Waals surface area contributed by atoms with Crippen LogP contribution in [0.15, 0.2) is 95.4 Å². The van der Waals surface area contributed by atoms with Crippen LogP contribution in [0.1, 0.15) is 120 Å². The molecule has 3 nitrogen and oxygen atoms in total. The molecule has 0 fully saturated rings. The number of rotatable bonds is 5. The van der Waals surface area contributed by atoms with E-state index >= 15 is 0 Å². The molecule has 0 saturated carbocycles. The zero-order valence-electron chi connectivity index (χ0n) is 31.6. The molecular formula is C47H52N2O. The van der Waals surface area contributed by atoms with E-state index in [0.717, 1.165) is 11.2 Å². The lowest BCUT2D eigenvalue weighted by molar-refractivity contribution is 0.334. The molecular weight excluding hydrogens is 609 g/mol. The van der Waals surface area contributed by atoms with E-state index in [2.05, 4.69) is 170 Å². The number of hydrogen-bond acceptors (Lipinski definition) is 3. The summed E-state index contributed by atoms with van der Waals surface area (Å²) >= 11 is 0.